The van der Waals surface area contributed by atoms with Crippen LogP contribution in [0.25, 0.3) is 0 Å². The molecule has 23 heavy (non-hydrogen) atoms. The number of rotatable bonds is 0. The molecule has 0 saturated carbocycles. The summed E-state index contributed by atoms with van der Waals surface area (Å²) in [5.41, 5.74) is 14.7. The number of halogens is 2. The van der Waals surface area contributed by atoms with Gasteiger partial charge in [0.15, 0.2) is 0 Å². The Hall–Kier alpha value is -0.0966. The van der Waals surface area contributed by atoms with Crippen LogP contribution in [0.5, 0.6) is 0 Å². The van der Waals surface area contributed by atoms with Gasteiger partial charge in [0.05, 0.1) is 0 Å². The molecule has 0 radical (unpaired) electrons. The maximum atomic E-state index is 4.85. The van der Waals surface area contributed by atoms with Crippen molar-refractivity contribution in [1.82, 2.24) is 0 Å². The maximum absolute atomic E-state index is 4.85. The molecule has 0 aliphatic heterocycles. The molecule has 3 heteroatoms. The molecule has 0 bridgehead atoms. The standard InChI is InChI=1S/2C10H15.2ClH.Ru/c2*1-6-7(2)9(4)10(5)8(6)3;;;/h2*1-5H3;2*1H;/q2*-1;;;+4/p-2. The molecule has 0 spiro atoms. The van der Waals surface area contributed by atoms with Crippen LogP contribution in [0.1, 0.15) is 55.6 Å². The minimum atomic E-state index is -0.346. The van der Waals surface area contributed by atoms with Crippen molar-refractivity contribution in [3.05, 3.63) is 55.6 Å². The first-order valence-electron chi connectivity index (χ1n) is 7.77. The third-order valence-corrected chi connectivity index (χ3v) is 5.62. The first kappa shape index (κ1) is 22.9. The van der Waals surface area contributed by atoms with Gasteiger partial charge in [-0.1, -0.05) is 69.2 Å². The summed E-state index contributed by atoms with van der Waals surface area (Å²) in [7, 11) is 9.71. The van der Waals surface area contributed by atoms with Crippen LogP contribution in [0, 0.1) is 69.2 Å². The Morgan fingerprint density at radius 3 is 0.696 bits per heavy atom. The van der Waals surface area contributed by atoms with Crippen LogP contribution in [0.3, 0.4) is 0 Å². The van der Waals surface area contributed by atoms with E-state index in [4.69, 9.17) is 19.4 Å². The Labute approximate surface area is 159 Å². The number of hydrogen-bond acceptors (Lipinski definition) is 0. The summed E-state index contributed by atoms with van der Waals surface area (Å²) < 4.78 is 0. The van der Waals surface area contributed by atoms with Gasteiger partial charge in [-0.25, -0.2) is 0 Å². The van der Waals surface area contributed by atoms with Gasteiger partial charge < -0.3 is 0 Å². The van der Waals surface area contributed by atoms with Gasteiger partial charge in [-0.15, -0.1) is 0 Å². The van der Waals surface area contributed by atoms with Crippen molar-refractivity contribution in [2.75, 3.05) is 0 Å². The van der Waals surface area contributed by atoms with Gasteiger partial charge >= 0.3 is 34.5 Å². The van der Waals surface area contributed by atoms with Crippen LogP contribution >= 0.6 is 19.4 Å². The van der Waals surface area contributed by atoms with Crippen molar-refractivity contribution in [2.45, 2.75) is 69.2 Å². The zero-order valence-electron chi connectivity index (χ0n) is 16.1. The third kappa shape index (κ3) is 5.45. The minimum absolute atomic E-state index is 0.346. The topological polar surface area (TPSA) is 0 Å². The Morgan fingerprint density at radius 2 is 0.652 bits per heavy atom. The zero-order valence-corrected chi connectivity index (χ0v) is 19.4. The molecule has 0 nitrogen and oxygen atoms in total. The van der Waals surface area contributed by atoms with Gasteiger partial charge in [0.2, 0.25) is 0 Å². The van der Waals surface area contributed by atoms with Gasteiger partial charge in [0, 0.05) is 0 Å². The van der Waals surface area contributed by atoms with Crippen LogP contribution in [-0.2, 0) is 15.1 Å². The van der Waals surface area contributed by atoms with E-state index < -0.39 is 0 Å². The summed E-state index contributed by atoms with van der Waals surface area (Å²) >= 11 is -0.346. The number of hydrogen-bond donors (Lipinski definition) is 0. The van der Waals surface area contributed by atoms with E-state index in [0.29, 0.717) is 0 Å². The Bertz CT molecular complexity index is 429. The molecule has 0 aliphatic rings. The van der Waals surface area contributed by atoms with Crippen LogP contribution in [0.4, 0.5) is 0 Å². The molecule has 0 unspecified atom stereocenters. The Kier molecular flexibility index (Phi) is 9.98. The predicted molar refractivity (Wildman–Crippen MR) is 103 cm³/mol. The molecular weight excluding hydrogens is 412 g/mol. The van der Waals surface area contributed by atoms with E-state index in [9.17, 15) is 0 Å². The van der Waals surface area contributed by atoms with Crippen LogP contribution in [0.15, 0.2) is 0 Å². The van der Waals surface area contributed by atoms with Crippen molar-refractivity contribution in [2.24, 2.45) is 0 Å². The summed E-state index contributed by atoms with van der Waals surface area (Å²) in [4.78, 5) is 0. The molecule has 0 aliphatic carbocycles. The van der Waals surface area contributed by atoms with Crippen molar-refractivity contribution >= 4 is 19.4 Å². The van der Waals surface area contributed by atoms with E-state index >= 15 is 0 Å². The molecule has 0 amide bonds. The summed E-state index contributed by atoms with van der Waals surface area (Å²) in [6.45, 7) is 22.0. The van der Waals surface area contributed by atoms with E-state index in [1.807, 2.05) is 0 Å². The average molecular weight is 442 g/mol. The Morgan fingerprint density at radius 1 is 0.522 bits per heavy atom. The summed E-state index contributed by atoms with van der Waals surface area (Å²) in [5, 5.41) is 0. The van der Waals surface area contributed by atoms with E-state index in [1.165, 1.54) is 55.6 Å². The molecule has 0 fully saturated rings. The second-order valence-corrected chi connectivity index (χ2v) is 8.94. The molecule has 0 N–H and O–H groups in total. The monoisotopic (exact) mass is 442 g/mol. The Balaban J connectivity index is 0.000000360. The molecule has 132 valence electrons. The first-order valence-corrected chi connectivity index (χ1v) is 12.2. The SMILES string of the molecule is Cc1c(C)c(C)[c-](C)c1C.Cc1c(C)c(C)[c-](C)c1C.[Cl][Ru+2][Cl]. The van der Waals surface area contributed by atoms with Gasteiger partial charge in [-0.3, -0.25) is 0 Å². The van der Waals surface area contributed by atoms with Gasteiger partial charge in [0.1, 0.15) is 0 Å². The summed E-state index contributed by atoms with van der Waals surface area (Å²) in [5.74, 6) is 0. The van der Waals surface area contributed by atoms with Crippen LogP contribution in [-0.4, -0.2) is 0 Å². The van der Waals surface area contributed by atoms with Crippen molar-refractivity contribution < 1.29 is 15.1 Å². The van der Waals surface area contributed by atoms with Crippen molar-refractivity contribution in [3.63, 3.8) is 0 Å². The predicted octanol–water partition coefficient (Wildman–Crippen LogP) is 7.27. The fourth-order valence-electron chi connectivity index (χ4n) is 2.81. The van der Waals surface area contributed by atoms with Gasteiger partial charge in [0.25, 0.3) is 0 Å². The van der Waals surface area contributed by atoms with E-state index in [1.54, 1.807) is 0 Å². The molecule has 2 aromatic carbocycles. The molecular formula is C20H30Cl2Ru. The average Bonchev–Trinajstić information content (AvgIpc) is 2.80. The quantitative estimate of drug-likeness (QED) is 0.297. The molecule has 0 saturated heterocycles. The molecule has 0 heterocycles. The summed E-state index contributed by atoms with van der Waals surface area (Å²) in [6.07, 6.45) is 0. The summed E-state index contributed by atoms with van der Waals surface area (Å²) in [6, 6.07) is 0. The van der Waals surface area contributed by atoms with E-state index in [0.717, 1.165) is 0 Å². The van der Waals surface area contributed by atoms with E-state index in [-0.39, 0.29) is 15.1 Å². The third-order valence-electron chi connectivity index (χ3n) is 5.62. The van der Waals surface area contributed by atoms with Crippen LogP contribution in [0.2, 0.25) is 0 Å². The van der Waals surface area contributed by atoms with Crippen molar-refractivity contribution in [3.8, 4) is 0 Å². The molecule has 2 aromatic rings. The second kappa shape index (κ2) is 10.0. The fourth-order valence-corrected chi connectivity index (χ4v) is 2.81. The van der Waals surface area contributed by atoms with E-state index in [2.05, 4.69) is 69.2 Å². The van der Waals surface area contributed by atoms with Gasteiger partial charge in [-0.2, -0.15) is 55.6 Å². The second-order valence-electron chi connectivity index (χ2n) is 6.30. The van der Waals surface area contributed by atoms with Crippen LogP contribution < -0.4 is 0 Å². The molecule has 2 rings (SSSR count). The molecule has 0 aromatic heterocycles. The van der Waals surface area contributed by atoms with Gasteiger partial charge in [-0.05, 0) is 0 Å². The first-order chi connectivity index (χ1) is 10.5. The van der Waals surface area contributed by atoms with Crippen molar-refractivity contribution in [1.29, 1.82) is 0 Å². The fraction of sp³-hybridized carbons (Fsp3) is 0.500. The zero-order chi connectivity index (χ0) is 18.5. The normalized spacial score (nSPS) is 9.91. The molecule has 0 atom stereocenters.